The molecule has 0 radical (unpaired) electrons. The van der Waals surface area contributed by atoms with Crippen molar-refractivity contribution in [3.05, 3.63) is 76.4 Å². The summed E-state index contributed by atoms with van der Waals surface area (Å²) >= 11 is 0. The van der Waals surface area contributed by atoms with Gasteiger partial charge in [0.1, 0.15) is 17.2 Å². The first-order chi connectivity index (χ1) is 20.5. The molecule has 1 saturated heterocycles. The second-order valence-electron chi connectivity index (χ2n) is 14.7. The van der Waals surface area contributed by atoms with Crippen LogP contribution >= 0.6 is 0 Å². The Hall–Kier alpha value is -3.45. The molecule has 2 atom stereocenters. The summed E-state index contributed by atoms with van der Waals surface area (Å²) in [6.07, 6.45) is 3.22. The SMILES string of the molecule is Cc1nc(C)c(C(OC(C)(C)C)C(=O)O)c(N2CCC(C)(C)CC2)c1-c1ccc2c(c1)CC[C@@](C)(Cc1ccc(F)cc1)O2. The highest BCUT2D eigenvalue weighted by Crippen LogP contribution is 2.46. The van der Waals surface area contributed by atoms with E-state index in [-0.39, 0.29) is 11.2 Å². The number of pyridine rings is 1. The van der Waals surface area contributed by atoms with Gasteiger partial charge >= 0.3 is 5.97 Å². The number of anilines is 1. The molecule has 44 heavy (non-hydrogen) atoms. The van der Waals surface area contributed by atoms with E-state index >= 15 is 0 Å². The molecule has 0 saturated carbocycles. The van der Waals surface area contributed by atoms with Crippen LogP contribution in [-0.4, -0.2) is 40.4 Å². The topological polar surface area (TPSA) is 71.9 Å². The Morgan fingerprint density at radius 1 is 1.05 bits per heavy atom. The maximum Gasteiger partial charge on any atom is 0.337 e. The van der Waals surface area contributed by atoms with Gasteiger partial charge in [-0.1, -0.05) is 32.0 Å². The number of carboxylic acid groups (broad SMARTS) is 1. The van der Waals surface area contributed by atoms with E-state index in [0.717, 1.165) is 78.2 Å². The molecule has 0 aliphatic carbocycles. The van der Waals surface area contributed by atoms with E-state index in [2.05, 4.69) is 37.8 Å². The van der Waals surface area contributed by atoms with E-state index in [1.165, 1.54) is 12.1 Å². The Kier molecular flexibility index (Phi) is 8.58. The molecule has 7 heteroatoms. The molecule has 0 bridgehead atoms. The molecule has 6 nitrogen and oxygen atoms in total. The average Bonchev–Trinajstić information content (AvgIpc) is 2.92. The van der Waals surface area contributed by atoms with Crippen molar-refractivity contribution in [2.24, 2.45) is 5.41 Å². The van der Waals surface area contributed by atoms with E-state index in [4.69, 9.17) is 14.5 Å². The van der Waals surface area contributed by atoms with Gasteiger partial charge in [-0.05, 0) is 114 Å². The van der Waals surface area contributed by atoms with Crippen LogP contribution in [-0.2, 0) is 22.4 Å². The third kappa shape index (κ3) is 6.93. The zero-order chi connectivity index (χ0) is 32.0. The van der Waals surface area contributed by atoms with Crippen molar-refractivity contribution in [3.63, 3.8) is 0 Å². The van der Waals surface area contributed by atoms with Gasteiger partial charge in [0, 0.05) is 42.0 Å². The van der Waals surface area contributed by atoms with Crippen LogP contribution in [0.4, 0.5) is 10.1 Å². The highest BCUT2D eigenvalue weighted by Gasteiger charge is 2.37. The zero-order valence-electron chi connectivity index (χ0n) is 27.5. The van der Waals surface area contributed by atoms with Crippen LogP contribution in [0.1, 0.15) is 95.0 Å². The summed E-state index contributed by atoms with van der Waals surface area (Å²) in [5, 5.41) is 10.5. The largest absolute Gasteiger partial charge is 0.487 e. The lowest BCUT2D eigenvalue weighted by atomic mass is 9.81. The standard InChI is InChI=1S/C37H47FN2O4/c1-23-30(27-11-14-29-26(21-27)15-16-37(8,43-29)22-25-9-12-28(38)13-10-25)32(40-19-17-36(6,7)18-20-40)31(24(2)39-23)33(34(41)42)44-35(3,4)5/h9-14,21,33H,15-20,22H2,1-8H3,(H,41,42)/t33?,37-/m0/s1. The van der Waals surface area contributed by atoms with Crippen LogP contribution in [0.15, 0.2) is 42.5 Å². The van der Waals surface area contributed by atoms with Crippen LogP contribution in [0, 0.1) is 25.1 Å². The van der Waals surface area contributed by atoms with E-state index in [1.54, 1.807) is 0 Å². The maximum atomic E-state index is 13.5. The lowest BCUT2D eigenvalue weighted by molar-refractivity contribution is -0.160. The minimum atomic E-state index is -1.15. The summed E-state index contributed by atoms with van der Waals surface area (Å²) in [6.45, 7) is 17.9. The fourth-order valence-corrected chi connectivity index (χ4v) is 6.66. The lowest BCUT2D eigenvalue weighted by Gasteiger charge is -2.41. The minimum absolute atomic E-state index is 0.228. The number of piperidine rings is 1. The van der Waals surface area contributed by atoms with Crippen molar-refractivity contribution in [2.75, 3.05) is 18.0 Å². The summed E-state index contributed by atoms with van der Waals surface area (Å²) in [5.41, 5.74) is 6.38. The monoisotopic (exact) mass is 602 g/mol. The Morgan fingerprint density at radius 2 is 1.70 bits per heavy atom. The van der Waals surface area contributed by atoms with Crippen LogP contribution in [0.5, 0.6) is 5.75 Å². The van der Waals surface area contributed by atoms with Crippen LogP contribution < -0.4 is 9.64 Å². The number of nitrogens with zero attached hydrogens (tertiary/aromatic N) is 2. The van der Waals surface area contributed by atoms with Gasteiger partial charge in [-0.3, -0.25) is 4.98 Å². The molecule has 1 aromatic heterocycles. The molecule has 1 fully saturated rings. The second kappa shape index (κ2) is 11.8. The number of aromatic nitrogens is 1. The average molecular weight is 603 g/mol. The normalized spacial score (nSPS) is 20.5. The number of hydrogen-bond donors (Lipinski definition) is 1. The number of aryl methyl sites for hydroxylation is 3. The third-order valence-electron chi connectivity index (χ3n) is 9.09. The minimum Gasteiger partial charge on any atom is -0.487 e. The number of fused-ring (bicyclic) bond motifs is 1. The molecular formula is C37H47FN2O4. The zero-order valence-corrected chi connectivity index (χ0v) is 27.5. The van der Waals surface area contributed by atoms with Gasteiger partial charge in [0.15, 0.2) is 6.10 Å². The van der Waals surface area contributed by atoms with Crippen molar-refractivity contribution in [1.82, 2.24) is 4.98 Å². The Balaban J connectivity index is 1.58. The molecule has 3 aromatic rings. The van der Waals surface area contributed by atoms with Gasteiger partial charge in [0.05, 0.1) is 11.3 Å². The highest BCUT2D eigenvalue weighted by atomic mass is 19.1. The third-order valence-corrected chi connectivity index (χ3v) is 9.09. The summed E-state index contributed by atoms with van der Waals surface area (Å²) in [4.78, 5) is 20.1. The van der Waals surface area contributed by atoms with Crippen molar-refractivity contribution in [3.8, 4) is 16.9 Å². The Labute approximate surface area is 261 Å². The lowest BCUT2D eigenvalue weighted by Crippen LogP contribution is -2.39. The number of aliphatic carboxylic acids is 1. The smallest absolute Gasteiger partial charge is 0.337 e. The quantitative estimate of drug-likeness (QED) is 0.293. The molecule has 3 heterocycles. The molecule has 0 amide bonds. The predicted molar refractivity (Wildman–Crippen MR) is 173 cm³/mol. The van der Waals surface area contributed by atoms with E-state index in [9.17, 15) is 14.3 Å². The summed E-state index contributed by atoms with van der Waals surface area (Å²) in [7, 11) is 0. The van der Waals surface area contributed by atoms with Gasteiger partial charge < -0.3 is 19.5 Å². The molecule has 0 spiro atoms. The number of benzene rings is 2. The summed E-state index contributed by atoms with van der Waals surface area (Å²) in [5.74, 6) is -0.404. The van der Waals surface area contributed by atoms with Gasteiger partial charge in [0.2, 0.25) is 0 Å². The van der Waals surface area contributed by atoms with Crippen molar-refractivity contribution >= 4 is 11.7 Å². The second-order valence-corrected chi connectivity index (χ2v) is 14.7. The summed E-state index contributed by atoms with van der Waals surface area (Å²) in [6, 6.07) is 12.9. The highest BCUT2D eigenvalue weighted by molar-refractivity contribution is 5.88. The molecule has 2 aromatic carbocycles. The number of ether oxygens (including phenoxy) is 2. The first-order valence-corrected chi connectivity index (χ1v) is 15.8. The number of halogens is 1. The van der Waals surface area contributed by atoms with E-state index in [1.807, 2.05) is 52.8 Å². The molecule has 1 N–H and O–H groups in total. The van der Waals surface area contributed by atoms with Gasteiger partial charge in [-0.25, -0.2) is 9.18 Å². The number of hydrogen-bond acceptors (Lipinski definition) is 5. The Bertz CT molecular complexity index is 1530. The maximum absolute atomic E-state index is 13.5. The number of carbonyl (C=O) groups is 1. The first kappa shape index (κ1) is 32.0. The van der Waals surface area contributed by atoms with Crippen LogP contribution in [0.3, 0.4) is 0 Å². The summed E-state index contributed by atoms with van der Waals surface area (Å²) < 4.78 is 26.3. The van der Waals surface area contributed by atoms with E-state index in [0.29, 0.717) is 17.7 Å². The van der Waals surface area contributed by atoms with Crippen LogP contribution in [0.25, 0.3) is 11.1 Å². The molecule has 1 unspecified atom stereocenters. The van der Waals surface area contributed by atoms with Crippen LogP contribution in [0.2, 0.25) is 0 Å². The fourth-order valence-electron chi connectivity index (χ4n) is 6.66. The first-order valence-electron chi connectivity index (χ1n) is 15.8. The number of rotatable bonds is 7. The van der Waals surface area contributed by atoms with Crippen molar-refractivity contribution in [2.45, 2.75) is 105 Å². The van der Waals surface area contributed by atoms with Gasteiger partial charge in [0.25, 0.3) is 0 Å². The van der Waals surface area contributed by atoms with Crippen molar-refractivity contribution < 1.29 is 23.8 Å². The molecule has 236 valence electrons. The number of carboxylic acids is 1. The molecule has 5 rings (SSSR count). The van der Waals surface area contributed by atoms with Gasteiger partial charge in [-0.15, -0.1) is 0 Å². The fraction of sp³-hybridized carbons (Fsp3) is 0.514. The van der Waals surface area contributed by atoms with Gasteiger partial charge in [-0.2, -0.15) is 0 Å². The molecule has 2 aliphatic rings. The molecular weight excluding hydrogens is 555 g/mol. The predicted octanol–water partition coefficient (Wildman–Crippen LogP) is 8.40. The van der Waals surface area contributed by atoms with Crippen molar-refractivity contribution in [1.29, 1.82) is 0 Å². The molecule has 2 aliphatic heterocycles. The van der Waals surface area contributed by atoms with E-state index < -0.39 is 23.3 Å². The Morgan fingerprint density at radius 3 is 2.32 bits per heavy atom.